The highest BCUT2D eigenvalue weighted by molar-refractivity contribution is 4.54. The van der Waals surface area contributed by atoms with E-state index in [0.717, 1.165) is 5.01 Å². The molecule has 0 aromatic carbocycles. The summed E-state index contributed by atoms with van der Waals surface area (Å²) in [5, 5.41) is 12.6. The molecule has 0 radical (unpaired) electrons. The minimum absolute atomic E-state index is 0.0349. The topological polar surface area (TPSA) is 52.9 Å². The first-order valence-corrected chi connectivity index (χ1v) is 2.83. The van der Waals surface area contributed by atoms with Crippen LogP contribution in [-0.4, -0.2) is 23.4 Å². The molecule has 4 heteroatoms. The van der Waals surface area contributed by atoms with E-state index >= 15 is 0 Å². The molecule has 0 rings (SSSR count). The predicted molar refractivity (Wildman–Crippen MR) is 34.4 cm³/mol. The smallest absolute Gasteiger partial charge is 0.147 e. The standard InChI is InChI=1S/C5H12N2O2/c1-4(2)5(8)7(3)6-9/h4-5,8H,1-3H3. The number of nitroso groups, excluding NO2 is 1. The molecule has 0 aromatic heterocycles. The molecule has 0 aliphatic carbocycles. The zero-order chi connectivity index (χ0) is 7.44. The molecule has 54 valence electrons. The van der Waals surface area contributed by atoms with Gasteiger partial charge >= 0.3 is 0 Å². The molecule has 4 nitrogen and oxygen atoms in total. The first-order valence-electron chi connectivity index (χ1n) is 2.83. The van der Waals surface area contributed by atoms with Crippen molar-refractivity contribution < 1.29 is 5.11 Å². The zero-order valence-electron chi connectivity index (χ0n) is 5.90. The average Bonchev–Trinajstić information content (AvgIpc) is 1.84. The van der Waals surface area contributed by atoms with Crippen LogP contribution in [-0.2, 0) is 0 Å². The first kappa shape index (κ1) is 8.36. The molecule has 1 unspecified atom stereocenters. The van der Waals surface area contributed by atoms with Crippen LogP contribution in [0.2, 0.25) is 0 Å². The Bertz CT molecular complexity index is 95.0. The quantitative estimate of drug-likeness (QED) is 0.347. The Labute approximate surface area is 54.4 Å². The van der Waals surface area contributed by atoms with Gasteiger partial charge in [-0.2, -0.15) is 0 Å². The summed E-state index contributed by atoms with van der Waals surface area (Å²) < 4.78 is 0. The molecule has 0 aromatic rings. The van der Waals surface area contributed by atoms with Crippen LogP contribution in [0.15, 0.2) is 5.29 Å². The highest BCUT2D eigenvalue weighted by Crippen LogP contribution is 2.04. The number of hydrogen-bond acceptors (Lipinski definition) is 3. The Morgan fingerprint density at radius 2 is 2.00 bits per heavy atom. The van der Waals surface area contributed by atoms with Gasteiger partial charge in [0.05, 0.1) is 5.29 Å². The molecular formula is C5H12N2O2. The van der Waals surface area contributed by atoms with Crippen LogP contribution < -0.4 is 0 Å². The number of aliphatic hydroxyl groups excluding tert-OH is 1. The van der Waals surface area contributed by atoms with E-state index in [0.29, 0.717) is 0 Å². The summed E-state index contributed by atoms with van der Waals surface area (Å²) in [7, 11) is 1.44. The highest BCUT2D eigenvalue weighted by Gasteiger charge is 2.13. The van der Waals surface area contributed by atoms with E-state index in [1.165, 1.54) is 7.05 Å². The predicted octanol–water partition coefficient (Wildman–Crippen LogP) is 0.574. The number of rotatable bonds is 3. The third-order valence-corrected chi connectivity index (χ3v) is 1.11. The lowest BCUT2D eigenvalue weighted by molar-refractivity contribution is -0.0133. The van der Waals surface area contributed by atoms with E-state index in [1.807, 2.05) is 13.8 Å². The zero-order valence-corrected chi connectivity index (χ0v) is 5.90. The molecule has 0 aliphatic rings. The van der Waals surface area contributed by atoms with Crippen molar-refractivity contribution in [2.75, 3.05) is 7.05 Å². The van der Waals surface area contributed by atoms with Gasteiger partial charge in [0, 0.05) is 7.05 Å². The summed E-state index contributed by atoms with van der Waals surface area (Å²) in [5.41, 5.74) is 0. The number of nitrogens with zero attached hydrogens (tertiary/aromatic N) is 2. The van der Waals surface area contributed by atoms with Crippen LogP contribution in [0.5, 0.6) is 0 Å². The summed E-state index contributed by atoms with van der Waals surface area (Å²) in [6, 6.07) is 0. The van der Waals surface area contributed by atoms with Gasteiger partial charge < -0.3 is 5.11 Å². The SMILES string of the molecule is CC(C)C(O)N(C)N=O. The van der Waals surface area contributed by atoms with Crippen molar-refractivity contribution in [3.8, 4) is 0 Å². The van der Waals surface area contributed by atoms with Gasteiger partial charge in [-0.1, -0.05) is 13.8 Å². The lowest BCUT2D eigenvalue weighted by atomic mass is 10.2. The van der Waals surface area contributed by atoms with Gasteiger partial charge in [-0.05, 0) is 5.92 Å². The van der Waals surface area contributed by atoms with Crippen molar-refractivity contribution in [1.82, 2.24) is 5.01 Å². The molecule has 0 saturated heterocycles. The van der Waals surface area contributed by atoms with Crippen molar-refractivity contribution in [2.45, 2.75) is 20.1 Å². The molecule has 0 spiro atoms. The van der Waals surface area contributed by atoms with Crippen LogP contribution in [0.4, 0.5) is 0 Å². The largest absolute Gasteiger partial charge is 0.372 e. The third-order valence-electron chi connectivity index (χ3n) is 1.11. The van der Waals surface area contributed by atoms with Gasteiger partial charge in [-0.3, -0.25) is 0 Å². The van der Waals surface area contributed by atoms with E-state index in [-0.39, 0.29) is 5.92 Å². The van der Waals surface area contributed by atoms with Gasteiger partial charge in [0.25, 0.3) is 0 Å². The van der Waals surface area contributed by atoms with Crippen molar-refractivity contribution in [3.05, 3.63) is 4.91 Å². The molecule has 0 fully saturated rings. The van der Waals surface area contributed by atoms with E-state index in [4.69, 9.17) is 5.11 Å². The third kappa shape index (κ3) is 2.41. The fourth-order valence-electron chi connectivity index (χ4n) is 0.480. The Morgan fingerprint density at radius 1 is 1.56 bits per heavy atom. The molecule has 0 saturated carbocycles. The van der Waals surface area contributed by atoms with Crippen molar-refractivity contribution in [3.63, 3.8) is 0 Å². The molecule has 9 heavy (non-hydrogen) atoms. The minimum Gasteiger partial charge on any atom is -0.372 e. The fourth-order valence-corrected chi connectivity index (χ4v) is 0.480. The maximum Gasteiger partial charge on any atom is 0.147 e. The fraction of sp³-hybridized carbons (Fsp3) is 1.00. The molecule has 0 bridgehead atoms. The molecule has 0 aliphatic heterocycles. The van der Waals surface area contributed by atoms with Crippen molar-refractivity contribution in [1.29, 1.82) is 0 Å². The summed E-state index contributed by atoms with van der Waals surface area (Å²) in [6.45, 7) is 3.62. The summed E-state index contributed by atoms with van der Waals surface area (Å²) in [5.74, 6) is 0.0349. The second-order valence-corrected chi connectivity index (χ2v) is 2.31. The number of hydrogen-bond donors (Lipinski definition) is 1. The molecule has 0 heterocycles. The van der Waals surface area contributed by atoms with Gasteiger partial charge in [-0.15, -0.1) is 4.91 Å². The second kappa shape index (κ2) is 3.40. The maximum absolute atomic E-state index is 9.77. The van der Waals surface area contributed by atoms with Gasteiger partial charge in [0.15, 0.2) is 0 Å². The Morgan fingerprint density at radius 3 is 2.11 bits per heavy atom. The van der Waals surface area contributed by atoms with Crippen LogP contribution >= 0.6 is 0 Å². The molecule has 0 amide bonds. The highest BCUT2D eigenvalue weighted by atomic mass is 16.3. The van der Waals surface area contributed by atoms with Gasteiger partial charge in [0.1, 0.15) is 6.23 Å². The Hall–Kier alpha value is -0.640. The molecule has 1 atom stereocenters. The first-order chi connectivity index (χ1) is 4.09. The van der Waals surface area contributed by atoms with Crippen LogP contribution in [0.1, 0.15) is 13.8 Å². The average molecular weight is 132 g/mol. The normalized spacial score (nSPS) is 13.4. The van der Waals surface area contributed by atoms with Crippen LogP contribution in [0.25, 0.3) is 0 Å². The molecule has 1 N–H and O–H groups in total. The van der Waals surface area contributed by atoms with Crippen LogP contribution in [0.3, 0.4) is 0 Å². The second-order valence-electron chi connectivity index (χ2n) is 2.31. The summed E-state index contributed by atoms with van der Waals surface area (Å²) in [6.07, 6.45) is -0.762. The summed E-state index contributed by atoms with van der Waals surface area (Å²) >= 11 is 0. The van der Waals surface area contributed by atoms with E-state index in [1.54, 1.807) is 0 Å². The minimum atomic E-state index is -0.762. The van der Waals surface area contributed by atoms with Crippen molar-refractivity contribution in [2.24, 2.45) is 11.2 Å². The Kier molecular flexibility index (Phi) is 3.16. The summed E-state index contributed by atoms with van der Waals surface area (Å²) in [4.78, 5) is 9.77. The van der Waals surface area contributed by atoms with Crippen LogP contribution in [0, 0.1) is 10.8 Å². The van der Waals surface area contributed by atoms with E-state index < -0.39 is 6.23 Å². The number of aliphatic hydroxyl groups is 1. The van der Waals surface area contributed by atoms with Gasteiger partial charge in [-0.25, -0.2) is 5.01 Å². The maximum atomic E-state index is 9.77. The monoisotopic (exact) mass is 132 g/mol. The lowest BCUT2D eigenvalue weighted by Gasteiger charge is -2.19. The Balaban J connectivity index is 3.71. The lowest BCUT2D eigenvalue weighted by Crippen LogP contribution is -2.30. The van der Waals surface area contributed by atoms with E-state index in [9.17, 15) is 4.91 Å². The van der Waals surface area contributed by atoms with Crippen molar-refractivity contribution >= 4 is 0 Å². The molecular weight excluding hydrogens is 120 g/mol. The van der Waals surface area contributed by atoms with E-state index in [2.05, 4.69) is 5.29 Å². The van der Waals surface area contributed by atoms with Gasteiger partial charge in [0.2, 0.25) is 0 Å².